The molecule has 0 spiro atoms. The van der Waals surface area contributed by atoms with Crippen molar-refractivity contribution in [3.05, 3.63) is 35.4 Å². The van der Waals surface area contributed by atoms with Crippen LogP contribution < -0.4 is 0 Å². The van der Waals surface area contributed by atoms with E-state index in [9.17, 15) is 9.18 Å². The lowest BCUT2D eigenvalue weighted by Gasteiger charge is -2.14. The maximum atomic E-state index is 13.0. The van der Waals surface area contributed by atoms with Crippen molar-refractivity contribution >= 4 is 21.7 Å². The molecule has 2 rings (SSSR count). The molecule has 0 bridgehead atoms. The molecular weight excluding hydrogens is 285 g/mol. The van der Waals surface area contributed by atoms with E-state index in [1.54, 1.807) is 0 Å². The van der Waals surface area contributed by atoms with Gasteiger partial charge in [-0.1, -0.05) is 40.2 Å². The fourth-order valence-corrected chi connectivity index (χ4v) is 2.38. The maximum Gasteiger partial charge on any atom is 0.173 e. The molecule has 1 aliphatic heterocycles. The van der Waals surface area contributed by atoms with E-state index in [1.807, 2.05) is 24.3 Å². The summed E-state index contributed by atoms with van der Waals surface area (Å²) in [5.41, 5.74) is 1.85. The summed E-state index contributed by atoms with van der Waals surface area (Å²) in [6.45, 7) is 2.12. The highest BCUT2D eigenvalue weighted by Gasteiger charge is 2.21. The monoisotopic (exact) mass is 299 g/mol. The summed E-state index contributed by atoms with van der Waals surface area (Å²) in [5.74, 6) is 0.0848. The Hall–Kier alpha value is -0.740. The lowest BCUT2D eigenvalue weighted by Crippen LogP contribution is -2.20. The molecule has 1 fully saturated rings. The van der Waals surface area contributed by atoms with Gasteiger partial charge in [0.1, 0.15) is 6.17 Å². The van der Waals surface area contributed by atoms with E-state index in [0.29, 0.717) is 18.3 Å². The third-order valence-electron chi connectivity index (χ3n) is 3.02. The van der Waals surface area contributed by atoms with E-state index >= 15 is 0 Å². The van der Waals surface area contributed by atoms with Crippen LogP contribution in [-0.4, -0.2) is 35.3 Å². The number of ketones is 1. The first kappa shape index (κ1) is 12.7. The van der Waals surface area contributed by atoms with E-state index in [4.69, 9.17) is 0 Å². The van der Waals surface area contributed by atoms with Crippen LogP contribution in [0.5, 0.6) is 0 Å². The van der Waals surface area contributed by atoms with Crippen molar-refractivity contribution in [3.63, 3.8) is 0 Å². The van der Waals surface area contributed by atoms with E-state index < -0.39 is 6.17 Å². The zero-order chi connectivity index (χ0) is 12.3. The van der Waals surface area contributed by atoms with Gasteiger partial charge in [-0.2, -0.15) is 0 Å². The molecule has 1 aromatic rings. The lowest BCUT2D eigenvalue weighted by atomic mass is 10.1. The Morgan fingerprint density at radius 1 is 1.41 bits per heavy atom. The van der Waals surface area contributed by atoms with Gasteiger partial charge in [0.15, 0.2) is 5.78 Å². The highest BCUT2D eigenvalue weighted by molar-refractivity contribution is 9.09. The van der Waals surface area contributed by atoms with Crippen molar-refractivity contribution in [2.24, 2.45) is 0 Å². The number of hydrogen-bond acceptors (Lipinski definition) is 2. The molecule has 0 radical (unpaired) electrons. The quantitative estimate of drug-likeness (QED) is 0.629. The van der Waals surface area contributed by atoms with E-state index in [1.165, 1.54) is 0 Å². The predicted molar refractivity (Wildman–Crippen MR) is 69.4 cm³/mol. The van der Waals surface area contributed by atoms with Gasteiger partial charge >= 0.3 is 0 Å². The number of hydrogen-bond donors (Lipinski definition) is 0. The number of likely N-dealkylation sites (tertiary alicyclic amines) is 1. The van der Waals surface area contributed by atoms with Gasteiger partial charge in [0.05, 0.1) is 5.33 Å². The van der Waals surface area contributed by atoms with Crippen molar-refractivity contribution < 1.29 is 9.18 Å². The first-order valence-electron chi connectivity index (χ1n) is 5.73. The van der Waals surface area contributed by atoms with Crippen LogP contribution in [0.4, 0.5) is 4.39 Å². The summed E-state index contributed by atoms with van der Waals surface area (Å²) in [6.07, 6.45) is -0.0376. The van der Waals surface area contributed by atoms with Gasteiger partial charge < -0.3 is 0 Å². The standard InChI is InChI=1S/C13H15BrFNO/c14-7-13(17)11-3-1-10(2-4-11)8-16-6-5-12(15)9-16/h1-4,12H,5-9H2. The third-order valence-corrected chi connectivity index (χ3v) is 3.53. The second kappa shape index (κ2) is 5.74. The molecule has 1 aliphatic rings. The van der Waals surface area contributed by atoms with Gasteiger partial charge in [0, 0.05) is 25.2 Å². The average Bonchev–Trinajstić information content (AvgIpc) is 2.75. The molecule has 17 heavy (non-hydrogen) atoms. The number of carbonyl (C=O) groups is 1. The number of rotatable bonds is 4. The van der Waals surface area contributed by atoms with Crippen LogP contribution in [0.15, 0.2) is 24.3 Å². The number of benzene rings is 1. The van der Waals surface area contributed by atoms with E-state index in [0.717, 1.165) is 24.2 Å². The van der Waals surface area contributed by atoms with Gasteiger partial charge in [-0.25, -0.2) is 4.39 Å². The summed E-state index contributed by atoms with van der Waals surface area (Å²) in [5, 5.41) is 0.349. The number of Topliss-reactive ketones (excluding diaryl/α,β-unsaturated/α-hetero) is 1. The third kappa shape index (κ3) is 3.36. The molecule has 0 amide bonds. The highest BCUT2D eigenvalue weighted by Crippen LogP contribution is 2.16. The summed E-state index contributed by atoms with van der Waals surface area (Å²) in [4.78, 5) is 13.5. The van der Waals surface area contributed by atoms with Crippen molar-refractivity contribution in [1.29, 1.82) is 0 Å². The molecule has 1 unspecified atom stereocenters. The molecule has 4 heteroatoms. The highest BCUT2D eigenvalue weighted by atomic mass is 79.9. The van der Waals surface area contributed by atoms with Crippen LogP contribution in [0.2, 0.25) is 0 Å². The van der Waals surface area contributed by atoms with Crippen molar-refractivity contribution in [3.8, 4) is 0 Å². The van der Waals surface area contributed by atoms with Crippen molar-refractivity contribution in [2.75, 3.05) is 18.4 Å². The zero-order valence-corrected chi connectivity index (χ0v) is 11.1. The van der Waals surface area contributed by atoms with Crippen LogP contribution in [0.1, 0.15) is 22.3 Å². The topological polar surface area (TPSA) is 20.3 Å². The number of carbonyl (C=O) groups excluding carboxylic acids is 1. The Morgan fingerprint density at radius 3 is 2.65 bits per heavy atom. The summed E-state index contributed by atoms with van der Waals surface area (Å²) in [6, 6.07) is 7.56. The Balaban J connectivity index is 1.96. The Morgan fingerprint density at radius 2 is 2.12 bits per heavy atom. The minimum Gasteiger partial charge on any atom is -0.296 e. The number of nitrogens with zero attached hydrogens (tertiary/aromatic N) is 1. The minimum atomic E-state index is -0.677. The van der Waals surface area contributed by atoms with Crippen molar-refractivity contribution in [2.45, 2.75) is 19.1 Å². The van der Waals surface area contributed by atoms with Gasteiger partial charge in [-0.15, -0.1) is 0 Å². The van der Waals surface area contributed by atoms with Crippen LogP contribution in [0.3, 0.4) is 0 Å². The molecule has 1 heterocycles. The second-order valence-electron chi connectivity index (χ2n) is 4.37. The molecule has 92 valence electrons. The first-order chi connectivity index (χ1) is 8.19. The second-order valence-corrected chi connectivity index (χ2v) is 4.94. The molecule has 0 aromatic heterocycles. The molecule has 1 aromatic carbocycles. The predicted octanol–water partition coefficient (Wildman–Crippen LogP) is 2.81. The Kier molecular flexibility index (Phi) is 4.29. The normalized spacial score (nSPS) is 20.7. The van der Waals surface area contributed by atoms with Crippen LogP contribution in [-0.2, 0) is 6.54 Å². The Bertz CT molecular complexity index is 393. The molecule has 1 atom stereocenters. The molecule has 0 N–H and O–H groups in total. The van der Waals surface area contributed by atoms with E-state index in [2.05, 4.69) is 20.8 Å². The molecule has 0 saturated carbocycles. The number of halogens is 2. The molecule has 2 nitrogen and oxygen atoms in total. The summed E-state index contributed by atoms with van der Waals surface area (Å²) < 4.78 is 13.0. The molecule has 0 aliphatic carbocycles. The number of alkyl halides is 2. The van der Waals surface area contributed by atoms with Gasteiger partial charge in [0.2, 0.25) is 0 Å². The fraction of sp³-hybridized carbons (Fsp3) is 0.462. The maximum absolute atomic E-state index is 13.0. The lowest BCUT2D eigenvalue weighted by molar-refractivity contribution is 0.102. The first-order valence-corrected chi connectivity index (χ1v) is 6.85. The largest absolute Gasteiger partial charge is 0.296 e. The van der Waals surface area contributed by atoms with Gasteiger partial charge in [0.25, 0.3) is 0 Å². The SMILES string of the molecule is O=C(CBr)c1ccc(CN2CCC(F)C2)cc1. The van der Waals surface area contributed by atoms with Gasteiger partial charge in [-0.05, 0) is 12.0 Å². The van der Waals surface area contributed by atoms with Gasteiger partial charge in [-0.3, -0.25) is 9.69 Å². The van der Waals surface area contributed by atoms with E-state index in [-0.39, 0.29) is 5.78 Å². The zero-order valence-electron chi connectivity index (χ0n) is 9.53. The molecular formula is C13H15BrFNO. The summed E-state index contributed by atoms with van der Waals surface area (Å²) >= 11 is 3.15. The Labute approximate surface area is 109 Å². The van der Waals surface area contributed by atoms with Crippen molar-refractivity contribution in [1.82, 2.24) is 4.90 Å². The minimum absolute atomic E-state index is 0.0848. The smallest absolute Gasteiger partial charge is 0.173 e. The van der Waals surface area contributed by atoms with Crippen LogP contribution >= 0.6 is 15.9 Å². The van der Waals surface area contributed by atoms with Crippen LogP contribution in [0, 0.1) is 0 Å². The molecule has 1 saturated heterocycles. The van der Waals surface area contributed by atoms with Crippen LogP contribution in [0.25, 0.3) is 0 Å². The summed E-state index contributed by atoms with van der Waals surface area (Å²) in [7, 11) is 0. The average molecular weight is 300 g/mol. The fourth-order valence-electron chi connectivity index (χ4n) is 2.06.